The van der Waals surface area contributed by atoms with Gasteiger partial charge in [-0.25, -0.2) is 9.97 Å². The fraction of sp³-hybridized carbons (Fsp3) is 0.227. The fourth-order valence-corrected chi connectivity index (χ4v) is 3.51. The van der Waals surface area contributed by atoms with Crippen LogP contribution in [0.4, 0.5) is 5.95 Å². The van der Waals surface area contributed by atoms with Gasteiger partial charge in [0.2, 0.25) is 11.9 Å². The number of carbonyl (C=O) groups is 1. The Kier molecular flexibility index (Phi) is 5.02. The zero-order valence-corrected chi connectivity index (χ0v) is 16.7. The van der Waals surface area contributed by atoms with Crippen molar-refractivity contribution in [3.05, 3.63) is 48.5 Å². The van der Waals surface area contributed by atoms with Crippen molar-refractivity contribution < 1.29 is 4.79 Å². The Morgan fingerprint density at radius 2 is 2.10 bits per heavy atom. The molecule has 1 amide bonds. The molecule has 3 heterocycles. The van der Waals surface area contributed by atoms with E-state index in [-0.39, 0.29) is 0 Å². The van der Waals surface area contributed by atoms with Crippen molar-refractivity contribution in [2.24, 2.45) is 11.7 Å². The number of nitrogens with one attached hydrogen (secondary N) is 2. The molecule has 0 spiro atoms. The molecular weight excluding hydrogens is 378 g/mol. The average Bonchev–Trinajstić information content (AvgIpc) is 3.15. The summed E-state index contributed by atoms with van der Waals surface area (Å²) in [5, 5.41) is 13.9. The van der Waals surface area contributed by atoms with Gasteiger partial charge in [0, 0.05) is 52.2 Å². The van der Waals surface area contributed by atoms with Gasteiger partial charge in [-0.2, -0.15) is 5.26 Å². The van der Waals surface area contributed by atoms with Gasteiger partial charge in [0.05, 0.1) is 17.1 Å². The number of nitrogens with two attached hydrogens (primary N) is 1. The molecule has 8 heteroatoms. The van der Waals surface area contributed by atoms with Crippen LogP contribution in [0, 0.1) is 17.2 Å². The highest BCUT2D eigenvalue weighted by Gasteiger charge is 2.19. The van der Waals surface area contributed by atoms with Crippen LogP contribution >= 0.6 is 0 Å². The number of pyridine rings is 1. The van der Waals surface area contributed by atoms with Crippen molar-refractivity contribution in [1.29, 1.82) is 5.26 Å². The first-order chi connectivity index (χ1) is 14.5. The zero-order chi connectivity index (χ0) is 21.3. The number of carbonyl (C=O) groups excluding carboxylic acids is 1. The Bertz CT molecular complexity index is 1290. The molecule has 0 aliphatic heterocycles. The first-order valence-corrected chi connectivity index (χ1v) is 9.64. The summed E-state index contributed by atoms with van der Waals surface area (Å²) in [6.45, 7) is 4.05. The van der Waals surface area contributed by atoms with E-state index in [9.17, 15) is 4.79 Å². The Morgan fingerprint density at radius 3 is 2.83 bits per heavy atom. The summed E-state index contributed by atoms with van der Waals surface area (Å²) in [5.74, 6) is 0.193. The lowest BCUT2D eigenvalue weighted by Crippen LogP contribution is -2.37. The molecule has 4 rings (SSSR count). The second kappa shape index (κ2) is 7.79. The normalized spacial score (nSPS) is 12.2. The number of nitrogens with zero attached hydrogens (tertiary/aromatic N) is 4. The van der Waals surface area contributed by atoms with Gasteiger partial charge in [-0.3, -0.25) is 9.78 Å². The van der Waals surface area contributed by atoms with Crippen LogP contribution in [0.1, 0.15) is 25.8 Å². The van der Waals surface area contributed by atoms with Crippen molar-refractivity contribution >= 4 is 33.7 Å². The van der Waals surface area contributed by atoms with Gasteiger partial charge >= 0.3 is 0 Å². The Hall–Kier alpha value is -3.99. The summed E-state index contributed by atoms with van der Waals surface area (Å²) in [6.07, 6.45) is 7.59. The standard InChI is InChI=1S/C22H21N7O/c1-12(2)5-19(21(24)30)28-22-27-9-14-8-25-10-17(20(14)29-22)16-11-26-18-6-13(7-23)3-4-15(16)18/h3-4,6,8-12,19,26H,5H2,1-2H3,(H2,24,30)(H,27,28,29). The summed E-state index contributed by atoms with van der Waals surface area (Å²) in [6, 6.07) is 7.09. The molecule has 0 aliphatic carbocycles. The summed E-state index contributed by atoms with van der Waals surface area (Å²) in [5.41, 5.74) is 9.45. The maximum absolute atomic E-state index is 11.8. The molecule has 3 aromatic heterocycles. The molecule has 8 nitrogen and oxygen atoms in total. The number of amides is 1. The quantitative estimate of drug-likeness (QED) is 0.455. The van der Waals surface area contributed by atoms with Crippen molar-refractivity contribution in [3.63, 3.8) is 0 Å². The van der Waals surface area contributed by atoms with Crippen LogP contribution in [-0.4, -0.2) is 31.9 Å². The van der Waals surface area contributed by atoms with E-state index < -0.39 is 11.9 Å². The van der Waals surface area contributed by atoms with E-state index in [4.69, 9.17) is 11.0 Å². The third-order valence-electron chi connectivity index (χ3n) is 4.94. The van der Waals surface area contributed by atoms with E-state index in [1.807, 2.05) is 32.2 Å². The zero-order valence-electron chi connectivity index (χ0n) is 16.7. The number of rotatable bonds is 6. The predicted molar refractivity (Wildman–Crippen MR) is 115 cm³/mol. The van der Waals surface area contributed by atoms with E-state index in [0.29, 0.717) is 29.4 Å². The number of fused-ring (bicyclic) bond motifs is 2. The number of H-pyrrole nitrogens is 1. The van der Waals surface area contributed by atoms with Crippen molar-refractivity contribution in [2.75, 3.05) is 5.32 Å². The second-order valence-corrected chi connectivity index (χ2v) is 7.62. The third kappa shape index (κ3) is 3.65. The highest BCUT2D eigenvalue weighted by Crippen LogP contribution is 2.33. The Labute approximate surface area is 173 Å². The fourth-order valence-electron chi connectivity index (χ4n) is 3.51. The van der Waals surface area contributed by atoms with Crippen molar-refractivity contribution in [3.8, 4) is 17.2 Å². The van der Waals surface area contributed by atoms with Gasteiger partial charge in [-0.1, -0.05) is 19.9 Å². The topological polar surface area (TPSA) is 133 Å². The van der Waals surface area contributed by atoms with Crippen LogP contribution in [0.25, 0.3) is 32.9 Å². The molecule has 0 aliphatic rings. The van der Waals surface area contributed by atoms with Crippen LogP contribution in [-0.2, 0) is 4.79 Å². The molecule has 1 unspecified atom stereocenters. The minimum Gasteiger partial charge on any atom is -0.368 e. The molecule has 150 valence electrons. The van der Waals surface area contributed by atoms with E-state index in [1.165, 1.54) is 0 Å². The molecule has 0 fully saturated rings. The molecule has 30 heavy (non-hydrogen) atoms. The van der Waals surface area contributed by atoms with Gasteiger partial charge < -0.3 is 16.0 Å². The molecule has 0 saturated carbocycles. The number of benzene rings is 1. The van der Waals surface area contributed by atoms with Crippen LogP contribution < -0.4 is 11.1 Å². The lowest BCUT2D eigenvalue weighted by molar-refractivity contribution is -0.119. The largest absolute Gasteiger partial charge is 0.368 e. The minimum atomic E-state index is -0.551. The first-order valence-electron chi connectivity index (χ1n) is 9.64. The summed E-state index contributed by atoms with van der Waals surface area (Å²) >= 11 is 0. The van der Waals surface area contributed by atoms with Crippen molar-refractivity contribution in [2.45, 2.75) is 26.3 Å². The van der Waals surface area contributed by atoms with E-state index in [0.717, 1.165) is 27.4 Å². The number of hydrogen-bond donors (Lipinski definition) is 3. The van der Waals surface area contributed by atoms with Gasteiger partial charge in [-0.05, 0) is 24.5 Å². The lowest BCUT2D eigenvalue weighted by Gasteiger charge is -2.17. The van der Waals surface area contributed by atoms with Crippen molar-refractivity contribution in [1.82, 2.24) is 19.9 Å². The molecule has 0 bridgehead atoms. The Morgan fingerprint density at radius 1 is 1.27 bits per heavy atom. The van der Waals surface area contributed by atoms with Gasteiger partial charge in [0.1, 0.15) is 6.04 Å². The Balaban J connectivity index is 1.79. The molecule has 0 saturated heterocycles. The lowest BCUT2D eigenvalue weighted by atomic mass is 10.0. The SMILES string of the molecule is CC(C)CC(Nc1ncc2cncc(-c3c[nH]c4cc(C#N)ccc34)c2n1)C(N)=O. The predicted octanol–water partition coefficient (Wildman–Crippen LogP) is 3.36. The summed E-state index contributed by atoms with van der Waals surface area (Å²) in [4.78, 5) is 28.4. The number of aromatic amines is 1. The highest BCUT2D eigenvalue weighted by molar-refractivity contribution is 6.03. The van der Waals surface area contributed by atoms with Crippen LogP contribution in [0.5, 0.6) is 0 Å². The minimum absolute atomic E-state index is 0.291. The molecule has 1 aromatic carbocycles. The number of hydrogen-bond acceptors (Lipinski definition) is 6. The maximum Gasteiger partial charge on any atom is 0.240 e. The average molecular weight is 399 g/mol. The van der Waals surface area contributed by atoms with Crippen LogP contribution in [0.3, 0.4) is 0 Å². The molecular formula is C22H21N7O. The molecule has 4 aromatic rings. The number of primary amides is 1. The van der Waals surface area contributed by atoms with E-state index in [1.54, 1.807) is 24.7 Å². The van der Waals surface area contributed by atoms with E-state index in [2.05, 4.69) is 31.3 Å². The molecule has 0 radical (unpaired) electrons. The number of anilines is 1. The maximum atomic E-state index is 11.8. The summed E-state index contributed by atoms with van der Waals surface area (Å²) < 4.78 is 0. The smallest absolute Gasteiger partial charge is 0.240 e. The van der Waals surface area contributed by atoms with Gasteiger partial charge in [-0.15, -0.1) is 0 Å². The monoisotopic (exact) mass is 399 g/mol. The molecule has 1 atom stereocenters. The first kappa shape index (κ1) is 19.3. The molecule has 4 N–H and O–H groups in total. The third-order valence-corrected chi connectivity index (χ3v) is 4.94. The van der Waals surface area contributed by atoms with Gasteiger partial charge in [0.15, 0.2) is 0 Å². The van der Waals surface area contributed by atoms with E-state index >= 15 is 0 Å². The van der Waals surface area contributed by atoms with Gasteiger partial charge in [0.25, 0.3) is 0 Å². The van der Waals surface area contributed by atoms with Crippen LogP contribution in [0.2, 0.25) is 0 Å². The number of aromatic nitrogens is 4. The van der Waals surface area contributed by atoms with Crippen LogP contribution in [0.15, 0.2) is 43.0 Å². The number of nitriles is 1. The highest BCUT2D eigenvalue weighted by atomic mass is 16.1. The summed E-state index contributed by atoms with van der Waals surface area (Å²) in [7, 11) is 0. The second-order valence-electron chi connectivity index (χ2n) is 7.62.